The summed E-state index contributed by atoms with van der Waals surface area (Å²) in [5.74, 6) is 0. The Hall–Kier alpha value is -0.440. The molecule has 1 aromatic heterocycles. The first-order valence-electron chi connectivity index (χ1n) is 5.06. The van der Waals surface area contributed by atoms with Crippen LogP contribution in [0.4, 0.5) is 0 Å². The number of nitriles is 2. The lowest BCUT2D eigenvalue weighted by atomic mass is 10.3. The van der Waals surface area contributed by atoms with E-state index in [9.17, 15) is 0 Å². The molecule has 2 rings (SSSR count). The highest BCUT2D eigenvalue weighted by atomic mass is 32.3. The molecule has 0 aromatic carbocycles. The zero-order valence-corrected chi connectivity index (χ0v) is 14.2. The third-order valence-electron chi connectivity index (χ3n) is 2.19. The number of rotatable bonds is 2. The quantitative estimate of drug-likeness (QED) is 0.823. The van der Waals surface area contributed by atoms with Crippen molar-refractivity contribution >= 4 is 68.2 Å². The van der Waals surface area contributed by atoms with E-state index in [2.05, 4.69) is 12.5 Å². The number of thioether (sulfide) groups is 4. The van der Waals surface area contributed by atoms with Crippen LogP contribution in [0.25, 0.3) is 9.81 Å². The highest BCUT2D eigenvalue weighted by Crippen LogP contribution is 2.56. The van der Waals surface area contributed by atoms with Gasteiger partial charge in [-0.15, -0.1) is 34.9 Å². The van der Waals surface area contributed by atoms with Gasteiger partial charge in [-0.1, -0.05) is 23.5 Å². The van der Waals surface area contributed by atoms with Gasteiger partial charge in [0.25, 0.3) is 0 Å². The summed E-state index contributed by atoms with van der Waals surface area (Å²) in [5.41, 5.74) is 0.188. The SMILES string of the molecule is CSC1=C(SC)SC(=c2ccc(=C(C#N)C#N)s2)S1. The van der Waals surface area contributed by atoms with Gasteiger partial charge in [-0.3, -0.25) is 0 Å². The third-order valence-corrected chi connectivity index (χ3v) is 8.82. The average Bonchev–Trinajstić information content (AvgIpc) is 3.05. The van der Waals surface area contributed by atoms with Crippen LogP contribution in [-0.2, 0) is 0 Å². The second-order valence-corrected chi connectivity index (χ2v) is 8.77. The fraction of sp³-hybridized carbons (Fsp3) is 0.167. The molecule has 0 amide bonds. The van der Waals surface area contributed by atoms with E-state index < -0.39 is 0 Å². The maximum absolute atomic E-state index is 8.88. The van der Waals surface area contributed by atoms with Gasteiger partial charge in [-0.25, -0.2) is 0 Å². The van der Waals surface area contributed by atoms with Crippen LogP contribution in [0.15, 0.2) is 20.6 Å². The van der Waals surface area contributed by atoms with Crippen molar-refractivity contribution in [2.24, 2.45) is 0 Å². The lowest BCUT2D eigenvalue weighted by Gasteiger charge is -1.94. The number of hydrogen-bond acceptors (Lipinski definition) is 7. The minimum atomic E-state index is 0.188. The lowest BCUT2D eigenvalue weighted by molar-refractivity contribution is 1.51. The molecule has 0 spiro atoms. The summed E-state index contributed by atoms with van der Waals surface area (Å²) in [7, 11) is 0. The number of nitrogens with zero attached hydrogens (tertiary/aromatic N) is 2. The third kappa shape index (κ3) is 3.18. The largest absolute Gasteiger partial charge is 0.192 e. The Kier molecular flexibility index (Phi) is 5.37. The van der Waals surface area contributed by atoms with Crippen molar-refractivity contribution in [2.45, 2.75) is 0 Å². The van der Waals surface area contributed by atoms with E-state index in [1.54, 1.807) is 47.0 Å². The Labute approximate surface area is 132 Å². The van der Waals surface area contributed by atoms with Crippen molar-refractivity contribution in [2.75, 3.05) is 12.5 Å². The minimum Gasteiger partial charge on any atom is -0.192 e. The Bertz CT molecular complexity index is 695. The molecular weight excluding hydrogens is 332 g/mol. The van der Waals surface area contributed by atoms with Gasteiger partial charge >= 0.3 is 0 Å². The van der Waals surface area contributed by atoms with Gasteiger partial charge in [-0.2, -0.15) is 10.5 Å². The maximum atomic E-state index is 8.88. The summed E-state index contributed by atoms with van der Waals surface area (Å²) in [4.78, 5) is 0. The molecule has 1 aliphatic rings. The molecule has 1 aliphatic heterocycles. The Morgan fingerprint density at radius 3 is 2.11 bits per heavy atom. The molecule has 1 aromatic rings. The van der Waals surface area contributed by atoms with Gasteiger partial charge in [0, 0.05) is 4.53 Å². The molecule has 96 valence electrons. The molecule has 0 radical (unpaired) electrons. The van der Waals surface area contributed by atoms with E-state index in [1.807, 2.05) is 24.3 Å². The van der Waals surface area contributed by atoms with E-state index in [1.165, 1.54) is 24.0 Å². The monoisotopic (exact) mass is 340 g/mol. The first kappa shape index (κ1) is 15.0. The molecule has 0 aliphatic carbocycles. The second kappa shape index (κ2) is 6.83. The zero-order chi connectivity index (χ0) is 13.8. The molecule has 0 fully saturated rings. The van der Waals surface area contributed by atoms with Crippen LogP contribution in [0.1, 0.15) is 0 Å². The molecule has 2 nitrogen and oxygen atoms in total. The molecule has 0 bridgehead atoms. The van der Waals surface area contributed by atoms with Gasteiger partial charge in [0.05, 0.1) is 17.2 Å². The van der Waals surface area contributed by atoms with Crippen molar-refractivity contribution in [3.8, 4) is 12.1 Å². The molecule has 2 heterocycles. The van der Waals surface area contributed by atoms with Crippen LogP contribution in [0.2, 0.25) is 0 Å². The predicted octanol–water partition coefficient (Wildman–Crippen LogP) is 3.34. The summed E-state index contributed by atoms with van der Waals surface area (Å²) >= 11 is 8.57. The van der Waals surface area contributed by atoms with Crippen LogP contribution in [0, 0.1) is 22.7 Å². The van der Waals surface area contributed by atoms with E-state index in [0.717, 1.165) is 9.06 Å². The highest BCUT2D eigenvalue weighted by molar-refractivity contribution is 8.45. The minimum absolute atomic E-state index is 0.188. The van der Waals surface area contributed by atoms with Gasteiger partial charge in [0.2, 0.25) is 0 Å². The Morgan fingerprint density at radius 1 is 1.05 bits per heavy atom. The van der Waals surface area contributed by atoms with Crippen molar-refractivity contribution in [3.05, 3.63) is 29.7 Å². The van der Waals surface area contributed by atoms with Gasteiger partial charge in [-0.05, 0) is 24.6 Å². The van der Waals surface area contributed by atoms with Crippen LogP contribution in [0.3, 0.4) is 0 Å². The number of thiophene rings is 1. The summed E-state index contributed by atoms with van der Waals surface area (Å²) in [6.45, 7) is 0. The van der Waals surface area contributed by atoms with E-state index >= 15 is 0 Å². The summed E-state index contributed by atoms with van der Waals surface area (Å²) in [6, 6.07) is 7.72. The highest BCUT2D eigenvalue weighted by Gasteiger charge is 2.20. The molecule has 7 heteroatoms. The Morgan fingerprint density at radius 2 is 1.63 bits per heavy atom. The number of hydrogen-bond donors (Lipinski definition) is 0. The summed E-state index contributed by atoms with van der Waals surface area (Å²) < 4.78 is 5.76. The standard InChI is InChI=1S/C12H8N2S5/c1-15-11-12(16-2)19-10(18-11)9-4-3-8(17-9)7(5-13)6-14/h3-4H,1-2H3. The van der Waals surface area contributed by atoms with E-state index in [4.69, 9.17) is 10.5 Å². The van der Waals surface area contributed by atoms with Crippen molar-refractivity contribution < 1.29 is 0 Å². The molecule has 0 unspecified atom stereocenters. The lowest BCUT2D eigenvalue weighted by Crippen LogP contribution is -1.97. The Balaban J connectivity index is 2.47. The predicted molar refractivity (Wildman–Crippen MR) is 90.8 cm³/mol. The normalized spacial score (nSPS) is 14.4. The van der Waals surface area contributed by atoms with E-state index in [0.29, 0.717) is 0 Å². The van der Waals surface area contributed by atoms with Crippen LogP contribution >= 0.6 is 58.4 Å². The van der Waals surface area contributed by atoms with E-state index in [-0.39, 0.29) is 5.57 Å². The fourth-order valence-corrected chi connectivity index (χ4v) is 7.45. The average molecular weight is 341 g/mol. The van der Waals surface area contributed by atoms with Crippen LogP contribution < -0.4 is 9.06 Å². The van der Waals surface area contributed by atoms with Gasteiger partial charge < -0.3 is 0 Å². The molecule has 0 saturated heterocycles. The molecular formula is C12H8N2S5. The first-order valence-corrected chi connectivity index (χ1v) is 9.96. The topological polar surface area (TPSA) is 47.6 Å². The van der Waals surface area contributed by atoms with Crippen molar-refractivity contribution in [1.29, 1.82) is 10.5 Å². The van der Waals surface area contributed by atoms with Crippen molar-refractivity contribution in [1.82, 2.24) is 0 Å². The van der Waals surface area contributed by atoms with Crippen molar-refractivity contribution in [3.63, 3.8) is 0 Å². The van der Waals surface area contributed by atoms with Gasteiger partial charge in [0.1, 0.15) is 17.7 Å². The van der Waals surface area contributed by atoms with Crippen LogP contribution in [-0.4, -0.2) is 12.5 Å². The molecule has 0 atom stereocenters. The summed E-state index contributed by atoms with van der Waals surface area (Å²) in [6.07, 6.45) is 4.16. The second-order valence-electron chi connectivity index (χ2n) is 3.24. The zero-order valence-electron chi connectivity index (χ0n) is 10.1. The molecule has 0 saturated carbocycles. The smallest absolute Gasteiger partial charge is 0.146 e. The molecule has 0 N–H and O–H groups in total. The maximum Gasteiger partial charge on any atom is 0.146 e. The fourth-order valence-electron chi connectivity index (χ4n) is 1.34. The molecule has 19 heavy (non-hydrogen) atoms. The van der Waals surface area contributed by atoms with Crippen LogP contribution in [0.5, 0.6) is 0 Å². The van der Waals surface area contributed by atoms with Gasteiger partial charge in [0.15, 0.2) is 0 Å². The first-order chi connectivity index (χ1) is 9.23. The summed E-state index contributed by atoms with van der Waals surface area (Å²) in [5, 5.41) is 17.8.